The minimum absolute atomic E-state index is 0.00980. The molecule has 2 saturated heterocycles. The molecule has 0 radical (unpaired) electrons. The van der Waals surface area contributed by atoms with Crippen LogP contribution in [0.25, 0.3) is 16.6 Å². The first-order chi connectivity index (χ1) is 16.5. The number of nitrogens with zero attached hydrogens (tertiary/aromatic N) is 4. The molecule has 3 heterocycles. The Morgan fingerprint density at radius 2 is 1.65 bits per heavy atom. The van der Waals surface area contributed by atoms with Crippen LogP contribution in [0.1, 0.15) is 24.3 Å². The molecule has 34 heavy (non-hydrogen) atoms. The van der Waals surface area contributed by atoms with Gasteiger partial charge in [0.05, 0.1) is 12.1 Å². The molecule has 0 spiro atoms. The van der Waals surface area contributed by atoms with E-state index >= 15 is 0 Å². The predicted octanol–water partition coefficient (Wildman–Crippen LogP) is 4.33. The van der Waals surface area contributed by atoms with Gasteiger partial charge in [-0.2, -0.15) is 0 Å². The van der Waals surface area contributed by atoms with E-state index in [1.54, 1.807) is 17.0 Å². The molecule has 2 amide bonds. The Morgan fingerprint density at radius 3 is 2.35 bits per heavy atom. The van der Waals surface area contributed by atoms with Crippen LogP contribution in [0.2, 0.25) is 5.02 Å². The highest BCUT2D eigenvalue weighted by Gasteiger charge is 2.29. The van der Waals surface area contributed by atoms with E-state index in [0.717, 1.165) is 62.2 Å². The summed E-state index contributed by atoms with van der Waals surface area (Å²) < 4.78 is 15.6. The summed E-state index contributed by atoms with van der Waals surface area (Å²) in [7, 11) is 0. The van der Waals surface area contributed by atoms with Gasteiger partial charge in [0.25, 0.3) is 0 Å². The van der Waals surface area contributed by atoms with Crippen LogP contribution in [-0.2, 0) is 0 Å². The van der Waals surface area contributed by atoms with Crippen LogP contribution >= 0.6 is 11.6 Å². The number of hydrogen-bond acceptors (Lipinski definition) is 3. The highest BCUT2D eigenvalue weighted by molar-refractivity contribution is 6.31. The second kappa shape index (κ2) is 9.94. The molecule has 2 fully saturated rings. The molecule has 2 aliphatic rings. The number of carbonyl (C=O) groups is 1. The maximum atomic E-state index is 13.5. The summed E-state index contributed by atoms with van der Waals surface area (Å²) in [5.41, 5.74) is 3.30. The Balaban J connectivity index is 1.26. The van der Waals surface area contributed by atoms with E-state index in [9.17, 15) is 9.18 Å². The van der Waals surface area contributed by atoms with Crippen LogP contribution in [0.5, 0.6) is 0 Å². The molecular weight excluding hydrogens is 455 g/mol. The standard InChI is InChI=1S/C26H30ClFN4O2/c27-20-1-6-25-23(17-20)24(18-32(25)22-4-2-21(28)3-5-22)19-7-9-29(10-8-19)11-12-30-13-14-31(15-16-33)26(30)34/h1-6,17-19,33H,7-16H2. The van der Waals surface area contributed by atoms with E-state index in [4.69, 9.17) is 16.7 Å². The average molecular weight is 485 g/mol. The highest BCUT2D eigenvalue weighted by Crippen LogP contribution is 2.37. The molecule has 180 valence electrons. The van der Waals surface area contributed by atoms with Gasteiger partial charge in [0.15, 0.2) is 0 Å². The quantitative estimate of drug-likeness (QED) is 0.543. The number of hydrogen-bond donors (Lipinski definition) is 1. The lowest BCUT2D eigenvalue weighted by Crippen LogP contribution is -2.41. The minimum Gasteiger partial charge on any atom is -0.395 e. The third-order valence-corrected chi connectivity index (χ3v) is 7.40. The average Bonchev–Trinajstić information content (AvgIpc) is 3.39. The van der Waals surface area contributed by atoms with Crippen molar-refractivity contribution in [2.24, 2.45) is 0 Å². The second-order valence-corrected chi connectivity index (χ2v) is 9.62. The third kappa shape index (κ3) is 4.65. The molecule has 3 aromatic rings. The number of urea groups is 1. The fourth-order valence-corrected chi connectivity index (χ4v) is 5.44. The summed E-state index contributed by atoms with van der Waals surface area (Å²) in [5.74, 6) is 0.181. The number of fused-ring (bicyclic) bond motifs is 1. The first-order valence-corrected chi connectivity index (χ1v) is 12.3. The van der Waals surface area contributed by atoms with Crippen molar-refractivity contribution >= 4 is 28.5 Å². The molecule has 2 aliphatic heterocycles. The summed E-state index contributed by atoms with van der Waals surface area (Å²) in [6.45, 7) is 5.42. The van der Waals surface area contributed by atoms with Crippen LogP contribution in [0.3, 0.4) is 0 Å². The van der Waals surface area contributed by atoms with Crippen molar-refractivity contribution in [3.05, 3.63) is 65.1 Å². The zero-order valence-electron chi connectivity index (χ0n) is 19.2. The monoisotopic (exact) mass is 484 g/mol. The molecule has 0 saturated carbocycles. The van der Waals surface area contributed by atoms with Gasteiger partial charge in [-0.15, -0.1) is 0 Å². The number of β-amino-alcohol motifs (C(OH)–C–C–N with tert-alkyl or cyclic N) is 1. The largest absolute Gasteiger partial charge is 0.395 e. The molecule has 0 aliphatic carbocycles. The molecule has 1 N–H and O–H groups in total. The molecule has 0 atom stereocenters. The van der Waals surface area contributed by atoms with E-state index in [1.165, 1.54) is 17.7 Å². The lowest BCUT2D eigenvalue weighted by atomic mass is 9.89. The Hall–Kier alpha value is -2.61. The number of aliphatic hydroxyl groups is 1. The number of halogens is 2. The van der Waals surface area contributed by atoms with Crippen molar-refractivity contribution in [1.29, 1.82) is 0 Å². The summed E-state index contributed by atoms with van der Waals surface area (Å²) in [4.78, 5) is 18.4. The first-order valence-electron chi connectivity index (χ1n) is 12.0. The lowest BCUT2D eigenvalue weighted by molar-refractivity contribution is 0.164. The van der Waals surface area contributed by atoms with Gasteiger partial charge in [0.1, 0.15) is 5.82 Å². The fourth-order valence-electron chi connectivity index (χ4n) is 5.27. The van der Waals surface area contributed by atoms with Gasteiger partial charge in [-0.3, -0.25) is 0 Å². The van der Waals surface area contributed by atoms with Crippen molar-refractivity contribution in [2.75, 3.05) is 52.4 Å². The maximum Gasteiger partial charge on any atom is 0.320 e. The Morgan fingerprint density at radius 1 is 0.941 bits per heavy atom. The molecule has 0 unspecified atom stereocenters. The molecular formula is C26H30ClFN4O2. The van der Waals surface area contributed by atoms with Gasteiger partial charge in [-0.1, -0.05) is 11.6 Å². The van der Waals surface area contributed by atoms with Crippen LogP contribution < -0.4 is 0 Å². The predicted molar refractivity (Wildman–Crippen MR) is 132 cm³/mol. The van der Waals surface area contributed by atoms with Gasteiger partial charge in [-0.25, -0.2) is 9.18 Å². The van der Waals surface area contributed by atoms with Crippen molar-refractivity contribution in [3.8, 4) is 5.69 Å². The zero-order valence-corrected chi connectivity index (χ0v) is 19.9. The number of aromatic nitrogens is 1. The molecule has 0 bridgehead atoms. The number of likely N-dealkylation sites (tertiary alicyclic amines) is 1. The normalized spacial score (nSPS) is 17.9. The summed E-state index contributed by atoms with van der Waals surface area (Å²) in [6, 6.07) is 12.6. The minimum atomic E-state index is -0.243. The number of piperidine rings is 1. The smallest absolute Gasteiger partial charge is 0.320 e. The number of benzene rings is 2. The van der Waals surface area contributed by atoms with E-state index in [2.05, 4.69) is 15.7 Å². The Labute approximate surface area is 204 Å². The SMILES string of the molecule is O=C1N(CCO)CCN1CCN1CCC(c2cn(-c3ccc(F)cc3)c3ccc(Cl)cc23)CC1. The van der Waals surface area contributed by atoms with E-state index in [1.807, 2.05) is 23.1 Å². The number of rotatable bonds is 7. The van der Waals surface area contributed by atoms with Crippen LogP contribution in [0.4, 0.5) is 9.18 Å². The molecule has 8 heteroatoms. The van der Waals surface area contributed by atoms with Crippen LogP contribution in [0, 0.1) is 5.82 Å². The molecule has 1 aromatic heterocycles. The van der Waals surface area contributed by atoms with E-state index in [0.29, 0.717) is 24.0 Å². The first kappa shape index (κ1) is 23.1. The number of carbonyl (C=O) groups excluding carboxylic acids is 1. The van der Waals surface area contributed by atoms with Crippen molar-refractivity contribution in [3.63, 3.8) is 0 Å². The van der Waals surface area contributed by atoms with Crippen molar-refractivity contribution in [1.82, 2.24) is 19.3 Å². The van der Waals surface area contributed by atoms with Crippen molar-refractivity contribution < 1.29 is 14.3 Å². The summed E-state index contributed by atoms with van der Waals surface area (Å²) in [6.07, 6.45) is 4.27. The van der Waals surface area contributed by atoms with E-state index in [-0.39, 0.29) is 18.5 Å². The second-order valence-electron chi connectivity index (χ2n) is 9.19. The van der Waals surface area contributed by atoms with Crippen molar-refractivity contribution in [2.45, 2.75) is 18.8 Å². The van der Waals surface area contributed by atoms with Crippen LogP contribution in [-0.4, -0.2) is 82.8 Å². The van der Waals surface area contributed by atoms with Crippen LogP contribution in [0.15, 0.2) is 48.7 Å². The fraction of sp³-hybridized carbons (Fsp3) is 0.423. The van der Waals surface area contributed by atoms with E-state index < -0.39 is 0 Å². The number of amides is 2. The third-order valence-electron chi connectivity index (χ3n) is 7.17. The number of aliphatic hydroxyl groups excluding tert-OH is 1. The Bertz CT molecular complexity index is 1160. The summed E-state index contributed by atoms with van der Waals surface area (Å²) >= 11 is 6.36. The molecule has 2 aromatic carbocycles. The topological polar surface area (TPSA) is 52.0 Å². The molecule has 6 nitrogen and oxygen atoms in total. The van der Waals surface area contributed by atoms with Gasteiger partial charge >= 0.3 is 6.03 Å². The zero-order chi connectivity index (χ0) is 23.7. The maximum absolute atomic E-state index is 13.5. The highest BCUT2D eigenvalue weighted by atomic mass is 35.5. The van der Waals surface area contributed by atoms with Gasteiger partial charge in [0, 0.05) is 55.0 Å². The lowest BCUT2D eigenvalue weighted by Gasteiger charge is -2.33. The summed E-state index contributed by atoms with van der Waals surface area (Å²) in [5, 5.41) is 11.0. The van der Waals surface area contributed by atoms with Gasteiger partial charge < -0.3 is 24.4 Å². The van der Waals surface area contributed by atoms with Gasteiger partial charge in [-0.05, 0) is 79.9 Å². The van der Waals surface area contributed by atoms with Gasteiger partial charge in [0.2, 0.25) is 0 Å². The Kier molecular flexibility index (Phi) is 6.77. The molecule has 5 rings (SSSR count).